The fraction of sp³-hybridized carbons (Fsp3) is 0.643. The van der Waals surface area contributed by atoms with Crippen LogP contribution in [0.3, 0.4) is 0 Å². The van der Waals surface area contributed by atoms with Crippen molar-refractivity contribution in [3.63, 3.8) is 0 Å². The minimum atomic E-state index is -0.00647. The van der Waals surface area contributed by atoms with Gasteiger partial charge >= 0.3 is 0 Å². The zero-order valence-electron chi connectivity index (χ0n) is 22.2. The van der Waals surface area contributed by atoms with Crippen molar-refractivity contribution >= 4 is 10.9 Å². The lowest BCUT2D eigenvalue weighted by atomic mass is 9.90. The Bertz CT molecular complexity index is 1240. The van der Waals surface area contributed by atoms with E-state index in [9.17, 15) is 4.79 Å². The largest absolute Gasteiger partial charge is 0.376 e. The molecule has 2 atom stereocenters. The van der Waals surface area contributed by atoms with Gasteiger partial charge in [0.15, 0.2) is 5.82 Å². The first kappa shape index (κ1) is 25.1. The van der Waals surface area contributed by atoms with E-state index in [1.165, 1.54) is 30.4 Å². The molecule has 1 aliphatic carbocycles. The summed E-state index contributed by atoms with van der Waals surface area (Å²) >= 11 is 0. The molecule has 0 amide bonds. The quantitative estimate of drug-likeness (QED) is 0.484. The second-order valence-corrected chi connectivity index (χ2v) is 11.2. The molecule has 36 heavy (non-hydrogen) atoms. The maximum absolute atomic E-state index is 13.3. The van der Waals surface area contributed by atoms with Gasteiger partial charge in [-0.2, -0.15) is 0 Å². The van der Waals surface area contributed by atoms with E-state index >= 15 is 0 Å². The lowest BCUT2D eigenvalue weighted by molar-refractivity contribution is 0.0553. The molecule has 1 aliphatic heterocycles. The molecule has 2 aliphatic rings. The highest BCUT2D eigenvalue weighted by Gasteiger charge is 2.35. The van der Waals surface area contributed by atoms with E-state index in [2.05, 4.69) is 71.3 Å². The van der Waals surface area contributed by atoms with Gasteiger partial charge in [0.25, 0.3) is 5.56 Å². The third-order valence-corrected chi connectivity index (χ3v) is 8.15. The molecule has 1 N–H and O–H groups in total. The summed E-state index contributed by atoms with van der Waals surface area (Å²) in [6.07, 6.45) is 8.30. The van der Waals surface area contributed by atoms with Crippen LogP contribution in [0.1, 0.15) is 87.3 Å². The molecule has 2 aromatic heterocycles. The molecule has 1 aromatic carbocycles. The summed E-state index contributed by atoms with van der Waals surface area (Å²) in [5.74, 6) is 1.17. The molecule has 0 spiro atoms. The molecule has 1 saturated heterocycles. The second-order valence-electron chi connectivity index (χ2n) is 11.2. The highest BCUT2D eigenvalue weighted by molar-refractivity contribution is 5.80. The summed E-state index contributed by atoms with van der Waals surface area (Å²) in [4.78, 5) is 19.0. The van der Waals surface area contributed by atoms with Gasteiger partial charge in [-0.05, 0) is 90.6 Å². The molecule has 1 saturated carbocycles. The Morgan fingerprint density at radius 3 is 2.58 bits per heavy atom. The zero-order chi connectivity index (χ0) is 25.2. The van der Waals surface area contributed by atoms with E-state index < -0.39 is 0 Å². The Kier molecular flexibility index (Phi) is 7.53. The Morgan fingerprint density at radius 1 is 1.08 bits per heavy atom. The van der Waals surface area contributed by atoms with Crippen LogP contribution >= 0.6 is 0 Å². The average Bonchev–Trinajstić information content (AvgIpc) is 3.53. The third-order valence-electron chi connectivity index (χ3n) is 8.15. The molecule has 5 rings (SSSR count). The monoisotopic (exact) mass is 492 g/mol. The van der Waals surface area contributed by atoms with Crippen LogP contribution < -0.4 is 5.56 Å². The number of rotatable bonds is 8. The predicted octanol–water partition coefficient (Wildman–Crippen LogP) is 4.84. The van der Waals surface area contributed by atoms with Crippen LogP contribution in [0.5, 0.6) is 0 Å². The maximum Gasteiger partial charge on any atom is 0.252 e. The topological polar surface area (TPSA) is 88.9 Å². The second kappa shape index (κ2) is 10.8. The number of aromatic amines is 1. The number of fused-ring (bicyclic) bond motifs is 1. The van der Waals surface area contributed by atoms with Gasteiger partial charge in [-0.3, -0.25) is 9.69 Å². The zero-order valence-corrected chi connectivity index (χ0v) is 22.2. The first-order chi connectivity index (χ1) is 17.4. The van der Waals surface area contributed by atoms with E-state index in [1.807, 2.05) is 4.68 Å². The SMILES string of the molecule is Cc1cc2cc(CN(C3CCCCC3)[C@@H](c3nnnn3C[C@H]3CCCO3)C(C)C)c(=O)[nH]c2cc1C. The number of nitrogens with zero attached hydrogens (tertiary/aromatic N) is 5. The maximum atomic E-state index is 13.3. The van der Waals surface area contributed by atoms with Gasteiger partial charge in [0.1, 0.15) is 0 Å². The van der Waals surface area contributed by atoms with Crippen LogP contribution in [0.25, 0.3) is 10.9 Å². The van der Waals surface area contributed by atoms with Crippen LogP contribution in [0.15, 0.2) is 23.0 Å². The van der Waals surface area contributed by atoms with Crippen LogP contribution in [-0.2, 0) is 17.8 Å². The number of pyridine rings is 1. The molecule has 194 valence electrons. The highest BCUT2D eigenvalue weighted by atomic mass is 16.5. The number of aromatic nitrogens is 5. The van der Waals surface area contributed by atoms with E-state index in [1.54, 1.807) is 0 Å². The molecule has 3 heterocycles. The van der Waals surface area contributed by atoms with E-state index in [-0.39, 0.29) is 23.6 Å². The molecular weight excluding hydrogens is 452 g/mol. The van der Waals surface area contributed by atoms with Crippen molar-refractivity contribution in [2.75, 3.05) is 6.61 Å². The van der Waals surface area contributed by atoms with Crippen LogP contribution in [0.4, 0.5) is 0 Å². The number of H-pyrrole nitrogens is 1. The lowest BCUT2D eigenvalue weighted by Crippen LogP contribution is -2.43. The number of tetrazole rings is 1. The summed E-state index contributed by atoms with van der Waals surface area (Å²) in [5, 5.41) is 14.1. The van der Waals surface area contributed by atoms with Gasteiger partial charge in [-0.1, -0.05) is 33.1 Å². The van der Waals surface area contributed by atoms with Crippen LogP contribution in [-0.4, -0.2) is 48.8 Å². The molecule has 0 unspecified atom stereocenters. The van der Waals surface area contributed by atoms with E-state index in [0.29, 0.717) is 19.1 Å². The van der Waals surface area contributed by atoms with Crippen molar-refractivity contribution in [2.45, 2.75) is 104 Å². The lowest BCUT2D eigenvalue weighted by Gasteiger charge is -2.41. The van der Waals surface area contributed by atoms with Gasteiger partial charge in [-0.25, -0.2) is 4.68 Å². The molecule has 0 bridgehead atoms. The normalized spacial score (nSPS) is 20.1. The Morgan fingerprint density at radius 2 is 1.86 bits per heavy atom. The summed E-state index contributed by atoms with van der Waals surface area (Å²) in [6.45, 7) is 10.8. The predicted molar refractivity (Wildman–Crippen MR) is 141 cm³/mol. The first-order valence-electron chi connectivity index (χ1n) is 13.7. The molecule has 8 nitrogen and oxygen atoms in total. The smallest absolute Gasteiger partial charge is 0.252 e. The van der Waals surface area contributed by atoms with E-state index in [0.717, 1.165) is 54.6 Å². The number of benzene rings is 1. The Labute approximate surface area is 213 Å². The van der Waals surface area contributed by atoms with E-state index in [4.69, 9.17) is 4.74 Å². The molecule has 3 aromatic rings. The average molecular weight is 493 g/mol. The van der Waals surface area contributed by atoms with Gasteiger partial charge in [0.05, 0.1) is 18.7 Å². The van der Waals surface area contributed by atoms with Crippen LogP contribution in [0.2, 0.25) is 0 Å². The fourth-order valence-electron chi connectivity index (χ4n) is 6.07. The van der Waals surface area contributed by atoms with Crippen molar-refractivity contribution in [2.24, 2.45) is 5.92 Å². The van der Waals surface area contributed by atoms with Gasteiger partial charge in [0.2, 0.25) is 0 Å². The van der Waals surface area contributed by atoms with Crippen LogP contribution in [0, 0.1) is 19.8 Å². The highest BCUT2D eigenvalue weighted by Crippen LogP contribution is 2.35. The van der Waals surface area contributed by atoms with Crippen molar-refractivity contribution in [3.8, 4) is 0 Å². The van der Waals surface area contributed by atoms with Gasteiger partial charge < -0.3 is 9.72 Å². The third kappa shape index (κ3) is 5.25. The standard InChI is InChI=1S/C28H40N6O2/c1-18(2)26(27-30-31-32-34(27)17-24-11-8-12-36-24)33(23-9-6-5-7-10-23)16-22-15-21-13-19(3)20(4)14-25(21)29-28(22)35/h13-15,18,23-24,26H,5-12,16-17H2,1-4H3,(H,29,35)/t24-,26-/m1/s1. The number of hydrogen-bond donors (Lipinski definition) is 1. The molecule has 8 heteroatoms. The Balaban J connectivity index is 1.52. The van der Waals surface area contributed by atoms with Crippen molar-refractivity contribution in [1.82, 2.24) is 30.1 Å². The summed E-state index contributed by atoms with van der Waals surface area (Å²) in [7, 11) is 0. The number of ether oxygens (including phenoxy) is 1. The van der Waals surface area contributed by atoms with Crippen molar-refractivity contribution < 1.29 is 4.74 Å². The van der Waals surface area contributed by atoms with Gasteiger partial charge in [0, 0.05) is 30.3 Å². The Hall–Kier alpha value is -2.58. The molecule has 0 radical (unpaired) electrons. The van der Waals surface area contributed by atoms with Crippen molar-refractivity contribution in [1.29, 1.82) is 0 Å². The first-order valence-corrected chi connectivity index (χ1v) is 13.7. The fourth-order valence-corrected chi connectivity index (χ4v) is 6.07. The minimum Gasteiger partial charge on any atom is -0.376 e. The summed E-state index contributed by atoms with van der Waals surface area (Å²) in [6, 6.07) is 6.75. The summed E-state index contributed by atoms with van der Waals surface area (Å²) in [5.41, 5.74) is 4.12. The summed E-state index contributed by atoms with van der Waals surface area (Å²) < 4.78 is 7.84. The molecule has 2 fully saturated rings. The number of aryl methyl sites for hydroxylation is 2. The molecular formula is C28H40N6O2. The van der Waals surface area contributed by atoms with Gasteiger partial charge in [-0.15, -0.1) is 5.10 Å². The van der Waals surface area contributed by atoms with Crippen molar-refractivity contribution in [3.05, 3.63) is 51.1 Å². The minimum absolute atomic E-state index is 0.00647. The number of nitrogens with one attached hydrogen (secondary N) is 1. The number of hydrogen-bond acceptors (Lipinski definition) is 6.